The van der Waals surface area contributed by atoms with Crippen molar-refractivity contribution in [2.45, 2.75) is 17.5 Å². The topological polar surface area (TPSA) is 111 Å². The Hall–Kier alpha value is -3.56. The van der Waals surface area contributed by atoms with E-state index in [0.717, 1.165) is 26.5 Å². The number of fused-ring (bicyclic) bond motifs is 1. The molecule has 3 aromatic rings. The second-order valence-corrected chi connectivity index (χ2v) is 8.88. The zero-order valence-corrected chi connectivity index (χ0v) is 20.2. The van der Waals surface area contributed by atoms with Crippen LogP contribution in [0.1, 0.15) is 11.3 Å². The van der Waals surface area contributed by atoms with Crippen LogP contribution in [0.25, 0.3) is 5.57 Å². The summed E-state index contributed by atoms with van der Waals surface area (Å²) in [5.74, 6) is -2.24. The Labute approximate surface area is 211 Å². The molecule has 0 bridgehead atoms. The Morgan fingerprint density at radius 2 is 1.86 bits per heavy atom. The summed E-state index contributed by atoms with van der Waals surface area (Å²) in [4.78, 5) is 18.8. The van der Waals surface area contributed by atoms with E-state index in [2.05, 4.69) is 54.7 Å². The van der Waals surface area contributed by atoms with E-state index in [9.17, 15) is 18.4 Å². The number of nitrogens with zero attached hydrogens (tertiary/aromatic N) is 3. The lowest BCUT2D eigenvalue weighted by molar-refractivity contribution is -0.192. The lowest BCUT2D eigenvalue weighted by Gasteiger charge is -2.08. The van der Waals surface area contributed by atoms with Crippen molar-refractivity contribution >= 4 is 50.9 Å². The van der Waals surface area contributed by atoms with Gasteiger partial charge in [-0.1, -0.05) is 52.0 Å². The molecule has 2 aromatic carbocycles. The van der Waals surface area contributed by atoms with E-state index < -0.39 is 12.1 Å². The van der Waals surface area contributed by atoms with Crippen molar-refractivity contribution in [2.24, 2.45) is 0 Å². The third-order valence-corrected chi connectivity index (χ3v) is 6.07. The van der Waals surface area contributed by atoms with Crippen molar-refractivity contribution in [1.82, 2.24) is 9.97 Å². The number of allylic oxidation sites excluding steroid dienone is 1. The minimum atomic E-state index is -5.08. The Morgan fingerprint density at radius 1 is 1.17 bits per heavy atom. The molecular formula is C23H17BrF3N5O2S. The third kappa shape index (κ3) is 7.46. The van der Waals surface area contributed by atoms with Gasteiger partial charge in [-0.15, -0.1) is 0 Å². The maximum absolute atomic E-state index is 10.6. The number of anilines is 2. The molecule has 0 spiro atoms. The molecule has 0 saturated heterocycles. The average molecular weight is 564 g/mol. The van der Waals surface area contributed by atoms with E-state index in [1.807, 2.05) is 36.4 Å². The molecule has 35 heavy (non-hydrogen) atoms. The molecule has 0 atom stereocenters. The summed E-state index contributed by atoms with van der Waals surface area (Å²) >= 11 is 4.99. The predicted molar refractivity (Wildman–Crippen MR) is 131 cm³/mol. The predicted octanol–water partition coefficient (Wildman–Crippen LogP) is 5.94. The van der Waals surface area contributed by atoms with Gasteiger partial charge in [0.2, 0.25) is 5.95 Å². The molecule has 4 rings (SSSR count). The third-order valence-electron chi connectivity index (χ3n) is 4.45. The second kappa shape index (κ2) is 11.7. The van der Waals surface area contributed by atoms with Gasteiger partial charge in [0.05, 0.1) is 16.4 Å². The van der Waals surface area contributed by atoms with E-state index in [-0.39, 0.29) is 0 Å². The van der Waals surface area contributed by atoms with Crippen molar-refractivity contribution in [3.05, 3.63) is 81.6 Å². The number of carboxylic acids is 1. The van der Waals surface area contributed by atoms with Gasteiger partial charge in [0.1, 0.15) is 11.6 Å². The van der Waals surface area contributed by atoms with Gasteiger partial charge in [-0.05, 0) is 42.3 Å². The van der Waals surface area contributed by atoms with Gasteiger partial charge in [0.25, 0.3) is 0 Å². The number of alkyl halides is 3. The van der Waals surface area contributed by atoms with E-state index in [0.29, 0.717) is 23.8 Å². The lowest BCUT2D eigenvalue weighted by atomic mass is 10.1. The number of nitriles is 1. The normalized spacial score (nSPS) is 13.5. The minimum Gasteiger partial charge on any atom is -0.475 e. The summed E-state index contributed by atoms with van der Waals surface area (Å²) in [5, 5.41) is 24.2. The van der Waals surface area contributed by atoms with Crippen LogP contribution in [0.5, 0.6) is 0 Å². The molecule has 0 fully saturated rings. The fourth-order valence-corrected chi connectivity index (χ4v) is 4.08. The summed E-state index contributed by atoms with van der Waals surface area (Å²) in [5.41, 5.74) is 3.36. The van der Waals surface area contributed by atoms with Crippen LogP contribution in [0.15, 0.2) is 75.2 Å². The fraction of sp³-hybridized carbons (Fsp3) is 0.130. The molecule has 1 aliphatic rings. The highest BCUT2D eigenvalue weighted by atomic mass is 79.9. The second-order valence-electron chi connectivity index (χ2n) is 6.91. The number of hydrogen-bond donors (Lipinski definition) is 3. The SMILES string of the molecule is N#C/C(=C1/Nc2ccccc2S1)c1ccnc(NCCc2ccc(Br)cc2)n1.O=C(O)C(F)(F)F. The van der Waals surface area contributed by atoms with Gasteiger partial charge in [0.15, 0.2) is 0 Å². The van der Waals surface area contributed by atoms with Gasteiger partial charge in [-0.3, -0.25) is 0 Å². The van der Waals surface area contributed by atoms with Crippen LogP contribution in [-0.4, -0.2) is 33.8 Å². The first-order chi connectivity index (χ1) is 16.7. The highest BCUT2D eigenvalue weighted by Crippen LogP contribution is 2.43. The first-order valence-corrected chi connectivity index (χ1v) is 11.6. The summed E-state index contributed by atoms with van der Waals surface area (Å²) in [6.07, 6.45) is -2.55. The van der Waals surface area contributed by atoms with Crippen molar-refractivity contribution in [1.29, 1.82) is 5.26 Å². The fourth-order valence-electron chi connectivity index (χ4n) is 2.81. The van der Waals surface area contributed by atoms with Gasteiger partial charge < -0.3 is 15.7 Å². The van der Waals surface area contributed by atoms with Crippen LogP contribution in [0.2, 0.25) is 0 Å². The molecule has 0 unspecified atom stereocenters. The number of para-hydroxylation sites is 1. The van der Waals surface area contributed by atoms with Gasteiger partial charge >= 0.3 is 12.1 Å². The summed E-state index contributed by atoms with van der Waals surface area (Å²) in [6.45, 7) is 0.710. The Bertz CT molecular complexity index is 1250. The number of aromatic nitrogens is 2. The smallest absolute Gasteiger partial charge is 0.475 e. The largest absolute Gasteiger partial charge is 0.490 e. The molecule has 7 nitrogen and oxygen atoms in total. The number of carbonyl (C=O) groups is 1. The maximum Gasteiger partial charge on any atom is 0.490 e. The number of nitrogens with one attached hydrogen (secondary N) is 2. The molecule has 180 valence electrons. The monoisotopic (exact) mass is 563 g/mol. The summed E-state index contributed by atoms with van der Waals surface area (Å²) in [6, 6.07) is 20.3. The molecule has 2 heterocycles. The summed E-state index contributed by atoms with van der Waals surface area (Å²) < 4.78 is 32.8. The van der Waals surface area contributed by atoms with Gasteiger partial charge in [-0.25, -0.2) is 14.8 Å². The Balaban J connectivity index is 0.000000429. The molecule has 1 aromatic heterocycles. The van der Waals surface area contributed by atoms with Crippen LogP contribution in [0, 0.1) is 11.3 Å². The van der Waals surface area contributed by atoms with Crippen LogP contribution in [-0.2, 0) is 11.2 Å². The number of thioether (sulfide) groups is 1. The molecule has 0 saturated carbocycles. The number of carboxylic acid groups (broad SMARTS) is 1. The van der Waals surface area contributed by atoms with Gasteiger partial charge in [-0.2, -0.15) is 18.4 Å². The first-order valence-electron chi connectivity index (χ1n) is 9.97. The van der Waals surface area contributed by atoms with Gasteiger partial charge in [0, 0.05) is 22.1 Å². The molecule has 1 aliphatic heterocycles. The number of rotatable bonds is 5. The maximum atomic E-state index is 10.6. The number of halogens is 4. The number of benzene rings is 2. The highest BCUT2D eigenvalue weighted by Gasteiger charge is 2.38. The molecule has 3 N–H and O–H groups in total. The van der Waals surface area contributed by atoms with Crippen LogP contribution < -0.4 is 10.6 Å². The average Bonchev–Trinajstić information content (AvgIpc) is 3.25. The lowest BCUT2D eigenvalue weighted by Crippen LogP contribution is -2.21. The zero-order chi connectivity index (χ0) is 25.4. The van der Waals surface area contributed by atoms with E-state index >= 15 is 0 Å². The quantitative estimate of drug-likeness (QED) is 0.327. The van der Waals surface area contributed by atoms with Crippen molar-refractivity contribution < 1.29 is 23.1 Å². The Morgan fingerprint density at radius 3 is 2.49 bits per heavy atom. The van der Waals surface area contributed by atoms with E-state index in [1.165, 1.54) is 5.56 Å². The zero-order valence-electron chi connectivity index (χ0n) is 17.8. The van der Waals surface area contributed by atoms with E-state index in [4.69, 9.17) is 9.90 Å². The summed E-state index contributed by atoms with van der Waals surface area (Å²) in [7, 11) is 0. The highest BCUT2D eigenvalue weighted by molar-refractivity contribution is 9.10. The first kappa shape index (κ1) is 26.1. The van der Waals surface area contributed by atoms with Crippen LogP contribution in [0.4, 0.5) is 24.8 Å². The molecule has 0 amide bonds. The van der Waals surface area contributed by atoms with E-state index in [1.54, 1.807) is 24.0 Å². The molecule has 12 heteroatoms. The molecular weight excluding hydrogens is 547 g/mol. The van der Waals surface area contributed by atoms with Crippen molar-refractivity contribution in [3.8, 4) is 6.07 Å². The van der Waals surface area contributed by atoms with Crippen LogP contribution >= 0.6 is 27.7 Å². The number of aliphatic carboxylic acids is 1. The number of hydrogen-bond acceptors (Lipinski definition) is 7. The van der Waals surface area contributed by atoms with Crippen molar-refractivity contribution in [2.75, 3.05) is 17.2 Å². The van der Waals surface area contributed by atoms with Crippen LogP contribution in [0.3, 0.4) is 0 Å². The standard InChI is InChI=1S/C21H16BrN5S.C2HF3O2/c22-15-7-5-14(6-8-15)9-11-24-21-25-12-10-17(27-21)16(13-23)20-26-18-3-1-2-4-19(18)28-20;3-2(4,5)1(6)7/h1-8,10,12,26H,9,11H2,(H,24,25,27);(H,6,7)/b20-16+;. The molecule has 0 aliphatic carbocycles. The Kier molecular flexibility index (Phi) is 8.73. The molecule has 0 radical (unpaired) electrons. The minimum absolute atomic E-state index is 0.513. The van der Waals surface area contributed by atoms with Crippen molar-refractivity contribution in [3.63, 3.8) is 0 Å².